The van der Waals surface area contributed by atoms with E-state index in [-0.39, 0.29) is 43.6 Å². The Bertz CT molecular complexity index is 1040. The molecule has 3 N–H and O–H groups in total. The van der Waals surface area contributed by atoms with Crippen LogP contribution in [0.2, 0.25) is 0 Å². The second-order valence-corrected chi connectivity index (χ2v) is 9.30. The van der Waals surface area contributed by atoms with Gasteiger partial charge in [0.15, 0.2) is 0 Å². The summed E-state index contributed by atoms with van der Waals surface area (Å²) in [7, 11) is 0. The van der Waals surface area contributed by atoms with Crippen LogP contribution in [0.5, 0.6) is 0 Å². The van der Waals surface area contributed by atoms with Crippen molar-refractivity contribution in [3.63, 3.8) is 0 Å². The molecule has 2 amide bonds. The summed E-state index contributed by atoms with van der Waals surface area (Å²) >= 11 is 0. The lowest BCUT2D eigenvalue weighted by Gasteiger charge is -2.24. The van der Waals surface area contributed by atoms with E-state index in [0.717, 1.165) is 22.3 Å². The van der Waals surface area contributed by atoms with Gasteiger partial charge in [-0.25, -0.2) is 4.79 Å². The molecule has 8 heteroatoms. The molecule has 1 fully saturated rings. The van der Waals surface area contributed by atoms with Gasteiger partial charge in [-0.2, -0.15) is 0 Å². The Hall–Kier alpha value is -3.39. The van der Waals surface area contributed by atoms with Crippen molar-refractivity contribution in [2.45, 2.75) is 44.8 Å². The lowest BCUT2D eigenvalue weighted by molar-refractivity contribution is -0.141. The van der Waals surface area contributed by atoms with Crippen LogP contribution < -0.4 is 10.6 Å². The molecule has 1 unspecified atom stereocenters. The first-order valence-corrected chi connectivity index (χ1v) is 12.1. The summed E-state index contributed by atoms with van der Waals surface area (Å²) in [6.45, 7) is 4.34. The molecule has 2 aromatic rings. The Balaban J connectivity index is 1.34. The van der Waals surface area contributed by atoms with Crippen molar-refractivity contribution >= 4 is 18.0 Å². The zero-order chi connectivity index (χ0) is 24.9. The summed E-state index contributed by atoms with van der Waals surface area (Å²) in [6.07, 6.45) is 0.0362. The minimum absolute atomic E-state index is 0.0641. The van der Waals surface area contributed by atoms with Gasteiger partial charge in [0.2, 0.25) is 5.91 Å². The van der Waals surface area contributed by atoms with Crippen molar-refractivity contribution in [1.82, 2.24) is 10.6 Å². The fourth-order valence-corrected chi connectivity index (χ4v) is 4.81. The normalized spacial score (nSPS) is 20.4. The second kappa shape index (κ2) is 10.9. The van der Waals surface area contributed by atoms with Crippen molar-refractivity contribution < 1.29 is 29.0 Å². The molecule has 1 aliphatic carbocycles. The van der Waals surface area contributed by atoms with Crippen molar-refractivity contribution in [2.24, 2.45) is 11.8 Å². The number of nitrogens with one attached hydrogen (secondary N) is 2. The number of ether oxygens (including phenoxy) is 2. The van der Waals surface area contributed by atoms with E-state index >= 15 is 0 Å². The molecule has 2 aromatic carbocycles. The zero-order valence-electron chi connectivity index (χ0n) is 20.0. The number of alkyl carbamates (subject to hydrolysis) is 1. The Morgan fingerprint density at radius 2 is 1.71 bits per heavy atom. The van der Waals surface area contributed by atoms with Crippen LogP contribution in [0.1, 0.15) is 43.7 Å². The summed E-state index contributed by atoms with van der Waals surface area (Å²) in [5.41, 5.74) is 4.53. The number of carboxylic acids is 1. The molecule has 4 rings (SSSR count). The van der Waals surface area contributed by atoms with Gasteiger partial charge < -0.3 is 25.2 Å². The SMILES string of the molecule is CCC(C)[C@H](NC(=O)OCC1c2ccccc2-c2ccccc21)C(=O)NC[C@@H]1C[C@H](C(=O)O)CO1. The molecule has 8 nitrogen and oxygen atoms in total. The first-order chi connectivity index (χ1) is 16.9. The van der Waals surface area contributed by atoms with Gasteiger partial charge in [0.25, 0.3) is 0 Å². The molecule has 4 atom stereocenters. The standard InChI is InChI=1S/C27H32N2O6/c1-3-16(2)24(25(30)28-13-18-12-17(14-34-18)26(31)32)29-27(33)35-15-23-21-10-6-4-8-19(21)20-9-5-7-11-22(20)23/h4-11,16-18,23-24H,3,12-15H2,1-2H3,(H,28,30)(H,29,33)(H,31,32)/t16?,17-,18-,24-/m0/s1. The molecule has 186 valence electrons. The molecular formula is C27H32N2O6. The molecule has 0 radical (unpaired) electrons. The largest absolute Gasteiger partial charge is 0.481 e. The lowest BCUT2D eigenvalue weighted by Crippen LogP contribution is -2.51. The monoisotopic (exact) mass is 480 g/mol. The minimum Gasteiger partial charge on any atom is -0.481 e. The van der Waals surface area contributed by atoms with Gasteiger partial charge >= 0.3 is 12.1 Å². The van der Waals surface area contributed by atoms with Gasteiger partial charge in [-0.3, -0.25) is 9.59 Å². The number of carbonyl (C=O) groups excluding carboxylic acids is 2. The van der Waals surface area contributed by atoms with Crippen LogP contribution in [0.25, 0.3) is 11.1 Å². The fourth-order valence-electron chi connectivity index (χ4n) is 4.81. The van der Waals surface area contributed by atoms with Crippen LogP contribution in [0.4, 0.5) is 4.79 Å². The molecule has 0 bridgehead atoms. The van der Waals surface area contributed by atoms with Crippen LogP contribution in [0.15, 0.2) is 48.5 Å². The average molecular weight is 481 g/mol. The summed E-state index contributed by atoms with van der Waals surface area (Å²) < 4.78 is 11.1. The zero-order valence-corrected chi connectivity index (χ0v) is 20.0. The maximum atomic E-state index is 12.9. The molecule has 0 spiro atoms. The van der Waals surface area contributed by atoms with Crippen molar-refractivity contribution in [3.8, 4) is 11.1 Å². The van der Waals surface area contributed by atoms with E-state index in [2.05, 4.69) is 34.9 Å². The Kier molecular flexibility index (Phi) is 7.70. The molecule has 35 heavy (non-hydrogen) atoms. The number of carbonyl (C=O) groups is 3. The third kappa shape index (κ3) is 5.48. The number of amides is 2. The summed E-state index contributed by atoms with van der Waals surface area (Å²) in [5.74, 6) is -1.97. The van der Waals surface area contributed by atoms with E-state index in [1.165, 1.54) is 0 Å². The van der Waals surface area contributed by atoms with E-state index in [4.69, 9.17) is 14.6 Å². The van der Waals surface area contributed by atoms with E-state index < -0.39 is 24.0 Å². The maximum Gasteiger partial charge on any atom is 0.407 e. The molecule has 0 saturated carbocycles. The number of aliphatic carboxylic acids is 1. The van der Waals surface area contributed by atoms with Gasteiger partial charge in [0, 0.05) is 12.5 Å². The van der Waals surface area contributed by atoms with Crippen LogP contribution in [0, 0.1) is 11.8 Å². The number of fused-ring (bicyclic) bond motifs is 3. The van der Waals surface area contributed by atoms with Crippen molar-refractivity contribution in [2.75, 3.05) is 19.8 Å². The first kappa shape index (κ1) is 24.7. The highest BCUT2D eigenvalue weighted by Crippen LogP contribution is 2.44. The molecular weight excluding hydrogens is 448 g/mol. The smallest absolute Gasteiger partial charge is 0.407 e. The Morgan fingerprint density at radius 3 is 2.29 bits per heavy atom. The van der Waals surface area contributed by atoms with E-state index in [1.54, 1.807) is 0 Å². The fraction of sp³-hybridized carbons (Fsp3) is 0.444. The Labute approximate surface area is 205 Å². The van der Waals surface area contributed by atoms with Gasteiger partial charge in [-0.15, -0.1) is 0 Å². The number of rotatable bonds is 9. The van der Waals surface area contributed by atoms with Crippen LogP contribution in [-0.4, -0.2) is 55.0 Å². The van der Waals surface area contributed by atoms with Gasteiger partial charge in [-0.05, 0) is 34.6 Å². The third-order valence-electron chi connectivity index (χ3n) is 7.05. The highest BCUT2D eigenvalue weighted by molar-refractivity contribution is 5.86. The van der Waals surface area contributed by atoms with E-state index in [1.807, 2.05) is 38.1 Å². The maximum absolute atomic E-state index is 12.9. The second-order valence-electron chi connectivity index (χ2n) is 9.30. The highest BCUT2D eigenvalue weighted by atomic mass is 16.5. The molecule has 2 aliphatic rings. The summed E-state index contributed by atoms with van der Waals surface area (Å²) in [4.78, 5) is 36.7. The van der Waals surface area contributed by atoms with Crippen LogP contribution in [0.3, 0.4) is 0 Å². The number of hydrogen-bond acceptors (Lipinski definition) is 5. The number of carboxylic acid groups (broad SMARTS) is 1. The van der Waals surface area contributed by atoms with Gasteiger partial charge in [-0.1, -0.05) is 68.8 Å². The van der Waals surface area contributed by atoms with Crippen LogP contribution in [-0.2, 0) is 19.1 Å². The Morgan fingerprint density at radius 1 is 1.09 bits per heavy atom. The highest BCUT2D eigenvalue weighted by Gasteiger charge is 2.33. The predicted molar refractivity (Wildman–Crippen MR) is 130 cm³/mol. The van der Waals surface area contributed by atoms with E-state index in [9.17, 15) is 14.4 Å². The molecule has 1 saturated heterocycles. The number of benzene rings is 2. The average Bonchev–Trinajstić information content (AvgIpc) is 3.47. The lowest BCUT2D eigenvalue weighted by atomic mass is 9.98. The van der Waals surface area contributed by atoms with Gasteiger partial charge in [0.1, 0.15) is 12.6 Å². The molecule has 1 aliphatic heterocycles. The van der Waals surface area contributed by atoms with Crippen molar-refractivity contribution in [1.29, 1.82) is 0 Å². The summed E-state index contributed by atoms with van der Waals surface area (Å²) in [6, 6.07) is 15.4. The molecule has 1 heterocycles. The minimum atomic E-state index is -0.895. The van der Waals surface area contributed by atoms with Gasteiger partial charge in [0.05, 0.1) is 18.6 Å². The predicted octanol–water partition coefficient (Wildman–Crippen LogP) is 3.55. The van der Waals surface area contributed by atoms with Crippen molar-refractivity contribution in [3.05, 3.63) is 59.7 Å². The van der Waals surface area contributed by atoms with E-state index in [0.29, 0.717) is 12.8 Å². The molecule has 0 aromatic heterocycles. The number of hydrogen-bond donors (Lipinski definition) is 3. The third-order valence-corrected chi connectivity index (χ3v) is 7.05. The summed E-state index contributed by atoms with van der Waals surface area (Å²) in [5, 5.41) is 14.6. The topological polar surface area (TPSA) is 114 Å². The van der Waals surface area contributed by atoms with Crippen LogP contribution >= 0.6 is 0 Å². The quantitative estimate of drug-likeness (QED) is 0.506. The first-order valence-electron chi connectivity index (χ1n) is 12.1.